The number of aryl methyl sites for hydroxylation is 5. The first-order chi connectivity index (χ1) is 27.8. The van der Waals surface area contributed by atoms with Crippen LogP contribution >= 0.6 is 0 Å². The van der Waals surface area contributed by atoms with Gasteiger partial charge in [0.2, 0.25) is 19.1 Å². The second kappa shape index (κ2) is 12.2. The van der Waals surface area contributed by atoms with Gasteiger partial charge in [-0.1, -0.05) is 160 Å². The number of nitrogens with zero attached hydrogens (tertiary/aromatic N) is 1. The second-order valence-electron chi connectivity index (χ2n) is 12.8. The van der Waals surface area contributed by atoms with Crippen LogP contribution in [-0.4, -0.2) is 13.4 Å². The number of fused-ring (bicyclic) bond motifs is 2. The topological polar surface area (TPSA) is 3.88 Å². The number of hydrogen-bond acceptors (Lipinski definition) is 0. The monoisotopic (exact) mass is 621 g/mol. The molecule has 0 unspecified atom stereocenters. The zero-order valence-corrected chi connectivity index (χ0v) is 27.1. The Kier molecular flexibility index (Phi) is 5.00. The highest BCUT2D eigenvalue weighted by atomic mass is 14.9. The van der Waals surface area contributed by atoms with Crippen molar-refractivity contribution < 1.29 is 22.4 Å². The molecular weight excluding hydrogens is 564 g/mol. The van der Waals surface area contributed by atoms with E-state index in [2.05, 4.69) is 0 Å². The van der Waals surface area contributed by atoms with Gasteiger partial charge in [0.25, 0.3) is 0 Å². The maximum absolute atomic E-state index is 8.92. The normalized spacial score (nSPS) is 17.7. The van der Waals surface area contributed by atoms with Crippen LogP contribution in [0.25, 0.3) is 22.4 Å². The van der Waals surface area contributed by atoms with Crippen LogP contribution in [-0.2, 0) is 7.05 Å². The summed E-state index contributed by atoms with van der Waals surface area (Å²) in [5, 5.41) is 0. The van der Waals surface area contributed by atoms with Crippen LogP contribution in [0.3, 0.4) is 0 Å². The van der Waals surface area contributed by atoms with E-state index in [1.165, 1.54) is 18.2 Å². The molecule has 0 spiro atoms. The molecule has 0 atom stereocenters. The minimum Gasteiger partial charge on any atom is -0.201 e. The summed E-state index contributed by atoms with van der Waals surface area (Å²) in [6.07, 6.45) is 1.87. The summed E-state index contributed by atoms with van der Waals surface area (Å²) < 4.78 is 116. The molecule has 0 amide bonds. The van der Waals surface area contributed by atoms with Crippen LogP contribution < -0.4 is 37.3 Å². The predicted molar refractivity (Wildman–Crippen MR) is 205 cm³/mol. The summed E-state index contributed by atoms with van der Waals surface area (Å²) in [5.74, 6) is -0.950. The third-order valence-electron chi connectivity index (χ3n) is 9.74. The molecule has 1 nitrogen and oxygen atoms in total. The van der Waals surface area contributed by atoms with E-state index in [1.807, 2.05) is 55.1 Å². The van der Waals surface area contributed by atoms with Crippen molar-refractivity contribution in [1.82, 2.24) is 0 Å². The number of aromatic nitrogens is 1. The minimum atomic E-state index is -2.78. The Morgan fingerprint density at radius 3 is 1.85 bits per heavy atom. The van der Waals surface area contributed by atoms with Crippen molar-refractivity contribution in [3.63, 3.8) is 0 Å². The Hall–Kier alpha value is -4.62. The molecule has 0 saturated carbocycles. The lowest BCUT2D eigenvalue weighted by Crippen LogP contribution is -2.76. The third kappa shape index (κ3) is 5.27. The Labute approximate surface area is 300 Å². The first-order valence-corrected chi connectivity index (χ1v) is 15.9. The molecule has 47 heavy (non-hydrogen) atoms. The molecule has 2 heterocycles. The van der Waals surface area contributed by atoms with Gasteiger partial charge in [0.05, 0.1) is 0 Å². The molecule has 1 aromatic heterocycles. The summed E-state index contributed by atoms with van der Waals surface area (Å²) in [6.45, 7) is -7.53. The molecule has 7 rings (SSSR count). The molecule has 0 saturated heterocycles. The fourth-order valence-electron chi connectivity index (χ4n) is 7.42. The summed E-state index contributed by atoms with van der Waals surface area (Å²) >= 11 is 0. The van der Waals surface area contributed by atoms with Gasteiger partial charge >= 0.3 is 0 Å². The van der Waals surface area contributed by atoms with Crippen LogP contribution in [0, 0.1) is 34.3 Å². The summed E-state index contributed by atoms with van der Waals surface area (Å²) in [6, 6.07) is 31.1. The van der Waals surface area contributed by atoms with Gasteiger partial charge in [-0.05, 0) is 68.5 Å². The van der Waals surface area contributed by atoms with Crippen LogP contribution in [0.5, 0.6) is 0 Å². The van der Waals surface area contributed by atoms with E-state index in [9.17, 15) is 0 Å². The summed E-state index contributed by atoms with van der Waals surface area (Å²) in [5.41, 5.74) is 5.75. The van der Waals surface area contributed by atoms with Crippen molar-refractivity contribution in [1.29, 1.82) is 0 Å². The van der Waals surface area contributed by atoms with Crippen LogP contribution in [0.2, 0.25) is 0 Å². The Bertz CT molecular complexity index is 2550. The van der Waals surface area contributed by atoms with E-state index < -0.39 is 46.7 Å². The molecule has 1 aliphatic heterocycles. The quantitative estimate of drug-likeness (QED) is 0.168. The third-order valence-corrected chi connectivity index (χ3v) is 9.74. The molecular formula is C44H44B2N+. The van der Waals surface area contributed by atoms with Gasteiger partial charge in [-0.3, -0.25) is 0 Å². The average Bonchev–Trinajstić information content (AvgIpc) is 3.15. The fraction of sp³-hybridized carbons (Fsp3) is 0.205. The Morgan fingerprint density at radius 2 is 1.21 bits per heavy atom. The number of hydrogen-bond donors (Lipinski definition) is 0. The average molecular weight is 622 g/mol. The van der Waals surface area contributed by atoms with Gasteiger partial charge in [-0.15, -0.1) is 0 Å². The van der Waals surface area contributed by atoms with Crippen molar-refractivity contribution in [3.8, 4) is 22.4 Å². The maximum atomic E-state index is 8.92. The van der Waals surface area contributed by atoms with Crippen molar-refractivity contribution in [3.05, 3.63) is 149 Å². The van der Waals surface area contributed by atoms with Gasteiger partial charge in [-0.2, -0.15) is 0 Å². The Morgan fingerprint density at radius 1 is 0.596 bits per heavy atom. The van der Waals surface area contributed by atoms with Crippen LogP contribution in [0.4, 0.5) is 0 Å². The predicted octanol–water partition coefficient (Wildman–Crippen LogP) is 5.86. The van der Waals surface area contributed by atoms with E-state index in [4.69, 9.17) is 17.8 Å². The van der Waals surface area contributed by atoms with Crippen molar-refractivity contribution in [2.24, 2.45) is 7.05 Å². The standard InChI is InChI=1S/C44H44B2N/c1-28(2)35-23-24-47(8)41(27-35)37-21-22-40-44(33(37)7)46(42-29(3)15-14-16-30(42)4)39-20-13-12-19-38(39)45(40)43-31(5)25-36(26-32(43)6)34-17-10-9-11-18-34/h9-28H,1-8H3/q+1/i3D3,4D3,5D3,6D3,28D. The SMILES string of the molecule is [2H]C([2H])([2H])c1cc(-c2ccccc2)cc(C([2H])([2H])[2H])c1B1c2ccccc2B(c2c(C([2H])([2H])[2H])cccc2C([2H])([2H])[2H])c2c1ccc(-c1cc(C([2H])(C)C)cc[n+]1C)c2C. The van der Waals surface area contributed by atoms with Gasteiger partial charge in [-0.25, -0.2) is 4.57 Å². The fourth-order valence-corrected chi connectivity index (χ4v) is 7.42. The molecule has 5 aromatic carbocycles. The lowest BCUT2D eigenvalue weighted by Gasteiger charge is -2.36. The molecule has 0 N–H and O–H groups in total. The van der Waals surface area contributed by atoms with E-state index in [0.29, 0.717) is 38.5 Å². The molecule has 0 bridgehead atoms. The Balaban J connectivity index is 1.69. The van der Waals surface area contributed by atoms with Crippen LogP contribution in [0.1, 0.15) is 70.9 Å². The van der Waals surface area contributed by atoms with Gasteiger partial charge in [0, 0.05) is 35.5 Å². The molecule has 230 valence electrons. The summed E-state index contributed by atoms with van der Waals surface area (Å²) in [7, 11) is 1.88. The largest absolute Gasteiger partial charge is 0.241 e. The molecule has 6 aromatic rings. The van der Waals surface area contributed by atoms with Crippen molar-refractivity contribution in [2.75, 3.05) is 0 Å². The molecule has 3 heteroatoms. The molecule has 1 aliphatic rings. The van der Waals surface area contributed by atoms with E-state index in [0.717, 1.165) is 16.8 Å². The zero-order valence-electron chi connectivity index (χ0n) is 40.1. The zero-order chi connectivity index (χ0) is 43.9. The molecule has 0 radical (unpaired) electrons. The smallest absolute Gasteiger partial charge is 0.201 e. The van der Waals surface area contributed by atoms with Crippen molar-refractivity contribution in [2.45, 2.75) is 54.1 Å². The highest BCUT2D eigenvalue weighted by Gasteiger charge is 2.42. The summed E-state index contributed by atoms with van der Waals surface area (Å²) in [4.78, 5) is 0. The number of benzene rings is 5. The highest BCUT2D eigenvalue weighted by Crippen LogP contribution is 2.25. The van der Waals surface area contributed by atoms with Gasteiger partial charge < -0.3 is 0 Å². The number of pyridine rings is 1. The first kappa shape index (κ1) is 19.3. The van der Waals surface area contributed by atoms with E-state index in [-0.39, 0.29) is 33.2 Å². The molecule has 0 fully saturated rings. The lowest BCUT2D eigenvalue weighted by atomic mass is 9.20. The highest BCUT2D eigenvalue weighted by molar-refractivity contribution is 7.11. The van der Waals surface area contributed by atoms with E-state index in [1.54, 1.807) is 74.5 Å². The van der Waals surface area contributed by atoms with E-state index >= 15 is 0 Å². The first-order valence-electron chi connectivity index (χ1n) is 22.4. The molecule has 0 aliphatic carbocycles. The minimum absolute atomic E-state index is 0.0950. The van der Waals surface area contributed by atoms with Crippen molar-refractivity contribution >= 4 is 46.2 Å². The lowest BCUT2D eigenvalue weighted by molar-refractivity contribution is -0.660. The maximum Gasteiger partial charge on any atom is 0.241 e. The van der Waals surface area contributed by atoms with Gasteiger partial charge in [0.1, 0.15) is 7.05 Å². The second-order valence-corrected chi connectivity index (χ2v) is 12.8. The number of rotatable bonds is 5. The van der Waals surface area contributed by atoms with Gasteiger partial charge in [0.15, 0.2) is 6.20 Å². The van der Waals surface area contributed by atoms with Crippen LogP contribution in [0.15, 0.2) is 115 Å².